The molecule has 102 valence electrons. The van der Waals surface area contributed by atoms with Gasteiger partial charge in [0.25, 0.3) is 0 Å². The van der Waals surface area contributed by atoms with Gasteiger partial charge in [0.2, 0.25) is 0 Å². The predicted molar refractivity (Wildman–Crippen MR) is 79.1 cm³/mol. The normalized spacial score (nSPS) is 25.8. The fraction of sp³-hybridized carbons (Fsp3) is 0.533. The quantitative estimate of drug-likeness (QED) is 0.921. The largest absolute Gasteiger partial charge is 0.387 e. The number of benzene rings is 1. The number of aliphatic hydroxyl groups is 1. The van der Waals surface area contributed by atoms with Crippen LogP contribution in [-0.4, -0.2) is 40.1 Å². The topological polar surface area (TPSA) is 47.3 Å². The van der Waals surface area contributed by atoms with Gasteiger partial charge < -0.3 is 5.11 Å². The molecule has 0 amide bonds. The van der Waals surface area contributed by atoms with Crippen LogP contribution in [0, 0.1) is 11.3 Å². The fourth-order valence-corrected chi connectivity index (χ4v) is 3.95. The molecule has 0 aliphatic carbocycles. The van der Waals surface area contributed by atoms with E-state index < -0.39 is 6.10 Å². The third-order valence-corrected chi connectivity index (χ3v) is 4.58. The first-order chi connectivity index (χ1) is 9.08. The van der Waals surface area contributed by atoms with Gasteiger partial charge in [-0.2, -0.15) is 17.0 Å². The van der Waals surface area contributed by atoms with Gasteiger partial charge in [-0.05, 0) is 17.7 Å². The zero-order chi connectivity index (χ0) is 13.8. The first-order valence-corrected chi connectivity index (χ1v) is 7.58. The second-order valence-electron chi connectivity index (χ2n) is 5.23. The van der Waals surface area contributed by atoms with Gasteiger partial charge in [-0.3, -0.25) is 4.90 Å². The van der Waals surface area contributed by atoms with Gasteiger partial charge in [-0.25, -0.2) is 0 Å². The summed E-state index contributed by atoms with van der Waals surface area (Å²) in [5.74, 6) is 0. The van der Waals surface area contributed by atoms with Crippen molar-refractivity contribution in [2.75, 3.05) is 19.6 Å². The molecule has 0 aromatic heterocycles. The van der Waals surface area contributed by atoms with Gasteiger partial charge in [-0.1, -0.05) is 26.0 Å². The number of rotatable bonds is 3. The van der Waals surface area contributed by atoms with Crippen LogP contribution in [0.15, 0.2) is 24.3 Å². The molecule has 1 aliphatic rings. The monoisotopic (exact) mass is 276 g/mol. The Hall–Kier alpha value is -1.02. The van der Waals surface area contributed by atoms with Crippen LogP contribution in [0.2, 0.25) is 0 Å². The van der Waals surface area contributed by atoms with Crippen molar-refractivity contribution >= 4 is 11.8 Å². The second-order valence-corrected chi connectivity index (χ2v) is 7.11. The van der Waals surface area contributed by atoms with Crippen LogP contribution in [0.25, 0.3) is 0 Å². The van der Waals surface area contributed by atoms with Gasteiger partial charge in [0.05, 0.1) is 17.7 Å². The van der Waals surface area contributed by atoms with Crippen LogP contribution in [0.5, 0.6) is 0 Å². The van der Waals surface area contributed by atoms with E-state index in [1.807, 2.05) is 23.9 Å². The van der Waals surface area contributed by atoms with Crippen LogP contribution in [0.1, 0.15) is 31.1 Å². The number of thioether (sulfide) groups is 1. The Morgan fingerprint density at radius 2 is 1.89 bits per heavy atom. The summed E-state index contributed by atoms with van der Waals surface area (Å²) in [7, 11) is 0. The molecule has 0 radical (unpaired) electrons. The highest BCUT2D eigenvalue weighted by Gasteiger charge is 2.24. The minimum absolute atomic E-state index is 0.477. The summed E-state index contributed by atoms with van der Waals surface area (Å²) in [5.41, 5.74) is 1.52. The lowest BCUT2D eigenvalue weighted by Gasteiger charge is -2.35. The maximum Gasteiger partial charge on any atom is 0.0991 e. The van der Waals surface area contributed by atoms with Crippen LogP contribution in [0.4, 0.5) is 0 Å². The number of nitriles is 1. The van der Waals surface area contributed by atoms with Crippen molar-refractivity contribution in [2.24, 2.45) is 0 Å². The van der Waals surface area contributed by atoms with Crippen LogP contribution < -0.4 is 0 Å². The van der Waals surface area contributed by atoms with Crippen LogP contribution >= 0.6 is 11.8 Å². The summed E-state index contributed by atoms with van der Waals surface area (Å²) >= 11 is 2.01. The smallest absolute Gasteiger partial charge is 0.0991 e. The van der Waals surface area contributed by atoms with Gasteiger partial charge >= 0.3 is 0 Å². The molecule has 4 heteroatoms. The molecule has 0 spiro atoms. The first kappa shape index (κ1) is 14.4. The van der Waals surface area contributed by atoms with Crippen LogP contribution in [0.3, 0.4) is 0 Å². The van der Waals surface area contributed by atoms with E-state index in [4.69, 9.17) is 5.26 Å². The van der Waals surface area contributed by atoms with Crippen molar-refractivity contribution in [1.82, 2.24) is 4.90 Å². The highest BCUT2D eigenvalue weighted by atomic mass is 32.2. The molecule has 1 N–H and O–H groups in total. The zero-order valence-corrected chi connectivity index (χ0v) is 12.2. The molecule has 19 heavy (non-hydrogen) atoms. The summed E-state index contributed by atoms with van der Waals surface area (Å²) in [6, 6.07) is 9.29. The third-order valence-electron chi connectivity index (χ3n) is 3.35. The average Bonchev–Trinajstić information content (AvgIpc) is 2.37. The van der Waals surface area contributed by atoms with E-state index in [9.17, 15) is 5.11 Å². The highest BCUT2D eigenvalue weighted by Crippen LogP contribution is 2.26. The molecule has 2 rings (SSSR count). The van der Waals surface area contributed by atoms with E-state index in [1.54, 1.807) is 12.1 Å². The summed E-state index contributed by atoms with van der Waals surface area (Å²) < 4.78 is 0. The Morgan fingerprint density at radius 1 is 1.32 bits per heavy atom. The Labute approximate surface area is 119 Å². The fourth-order valence-electron chi connectivity index (χ4n) is 2.56. The Balaban J connectivity index is 1.96. The summed E-state index contributed by atoms with van der Waals surface area (Å²) in [5, 5.41) is 20.3. The lowest BCUT2D eigenvalue weighted by Crippen LogP contribution is -2.42. The second kappa shape index (κ2) is 6.42. The predicted octanol–water partition coefficient (Wildman–Crippen LogP) is 2.42. The maximum absolute atomic E-state index is 10.3. The lowest BCUT2D eigenvalue weighted by molar-refractivity contribution is 0.112. The molecule has 1 saturated heterocycles. The molecule has 1 aromatic rings. The molecule has 0 saturated carbocycles. The van der Waals surface area contributed by atoms with Crippen molar-refractivity contribution in [3.63, 3.8) is 0 Å². The molecule has 3 unspecified atom stereocenters. The summed E-state index contributed by atoms with van der Waals surface area (Å²) in [6.07, 6.45) is -0.477. The Bertz CT molecular complexity index is 444. The molecule has 0 bridgehead atoms. The average molecular weight is 276 g/mol. The Morgan fingerprint density at radius 3 is 2.42 bits per heavy atom. The van der Waals surface area contributed by atoms with Gasteiger partial charge in [0, 0.05) is 30.1 Å². The highest BCUT2D eigenvalue weighted by molar-refractivity contribution is 8.00. The summed E-state index contributed by atoms with van der Waals surface area (Å²) in [4.78, 5) is 2.33. The van der Waals surface area contributed by atoms with E-state index in [-0.39, 0.29) is 0 Å². The maximum atomic E-state index is 10.3. The lowest BCUT2D eigenvalue weighted by atomic mass is 10.1. The zero-order valence-electron chi connectivity index (χ0n) is 11.4. The minimum atomic E-state index is -0.477. The van der Waals surface area contributed by atoms with E-state index in [0.717, 1.165) is 18.7 Å². The van der Waals surface area contributed by atoms with E-state index >= 15 is 0 Å². The van der Waals surface area contributed by atoms with E-state index in [1.165, 1.54) is 0 Å². The van der Waals surface area contributed by atoms with Gasteiger partial charge in [0.1, 0.15) is 0 Å². The van der Waals surface area contributed by atoms with Gasteiger partial charge in [-0.15, -0.1) is 0 Å². The van der Waals surface area contributed by atoms with Crippen molar-refractivity contribution in [2.45, 2.75) is 30.5 Å². The van der Waals surface area contributed by atoms with Crippen molar-refractivity contribution in [3.8, 4) is 6.07 Å². The molecule has 1 fully saturated rings. The number of hydrogen-bond acceptors (Lipinski definition) is 4. The number of β-amino-alcohol motifs (C(OH)–C–C–N with tert-alkyl or cyclic N) is 1. The van der Waals surface area contributed by atoms with Crippen LogP contribution in [-0.2, 0) is 0 Å². The standard InChI is InChI=1S/C15H20N2OS/c1-11-8-17(9-12(2)19-11)10-15(18)14-5-3-13(7-16)4-6-14/h3-6,11-12,15,18H,8-10H2,1-2H3. The number of hydrogen-bond donors (Lipinski definition) is 1. The summed E-state index contributed by atoms with van der Waals surface area (Å²) in [6.45, 7) is 7.20. The molecular weight excluding hydrogens is 256 g/mol. The van der Waals surface area contributed by atoms with Crippen molar-refractivity contribution in [3.05, 3.63) is 35.4 Å². The first-order valence-electron chi connectivity index (χ1n) is 6.64. The molecule has 3 atom stereocenters. The van der Waals surface area contributed by atoms with E-state index in [0.29, 0.717) is 22.6 Å². The number of aliphatic hydroxyl groups excluding tert-OH is 1. The van der Waals surface area contributed by atoms with Crippen molar-refractivity contribution in [1.29, 1.82) is 5.26 Å². The SMILES string of the molecule is CC1CN(CC(O)c2ccc(C#N)cc2)CC(C)S1. The molecule has 3 nitrogen and oxygen atoms in total. The van der Waals surface area contributed by atoms with E-state index in [2.05, 4.69) is 24.8 Å². The Kier molecular flexibility index (Phi) is 4.87. The molecule has 1 heterocycles. The van der Waals surface area contributed by atoms with Gasteiger partial charge in [0.15, 0.2) is 0 Å². The molecule has 1 aliphatic heterocycles. The minimum Gasteiger partial charge on any atom is -0.387 e. The number of nitrogens with zero attached hydrogens (tertiary/aromatic N) is 2. The molecular formula is C15H20N2OS. The molecule has 1 aromatic carbocycles. The van der Waals surface area contributed by atoms with Crippen molar-refractivity contribution < 1.29 is 5.11 Å². The third kappa shape index (κ3) is 3.97.